The van der Waals surface area contributed by atoms with Crippen molar-refractivity contribution < 1.29 is 14.5 Å². The van der Waals surface area contributed by atoms with Crippen LogP contribution in [0, 0.1) is 10.1 Å². The zero-order valence-corrected chi connectivity index (χ0v) is 18.8. The minimum Gasteiger partial charge on any atom is -0.484 e. The third-order valence-electron chi connectivity index (χ3n) is 4.29. The summed E-state index contributed by atoms with van der Waals surface area (Å²) in [5.41, 5.74) is 1.31. The number of nitrogens with zero attached hydrogens (tertiary/aromatic N) is 4. The predicted molar refractivity (Wildman–Crippen MR) is 127 cm³/mol. The van der Waals surface area contributed by atoms with E-state index in [0.717, 1.165) is 14.7 Å². The molecule has 0 unspecified atom stereocenters. The topological polar surface area (TPSA) is 97.9 Å². The lowest BCUT2D eigenvalue weighted by Gasteiger charge is -2.14. The van der Waals surface area contributed by atoms with Crippen molar-refractivity contribution in [3.05, 3.63) is 92.9 Å². The van der Waals surface area contributed by atoms with Crippen molar-refractivity contribution in [3.63, 3.8) is 0 Å². The van der Waals surface area contributed by atoms with Crippen molar-refractivity contribution in [3.8, 4) is 5.75 Å². The Kier molecular flexibility index (Phi) is 6.52. The van der Waals surface area contributed by atoms with Crippen LogP contribution >= 0.6 is 27.3 Å². The van der Waals surface area contributed by atoms with Gasteiger partial charge in [0.05, 0.1) is 21.4 Å². The van der Waals surface area contributed by atoms with E-state index in [1.807, 2.05) is 36.4 Å². The molecule has 1 amide bonds. The highest BCUT2D eigenvalue weighted by molar-refractivity contribution is 9.10. The molecule has 0 N–H and O–H groups in total. The molecule has 4 aromatic rings. The standard InChI is InChI=1S/C22H15BrN4O4S/c23-16-8-11-19-20(12-16)32-22(25-19)26(21(28)14-31-18-4-2-1-3-5-18)24-13-15-6-9-17(10-7-15)27(29)30/h1-13H,14H2/b24-13+. The summed E-state index contributed by atoms with van der Waals surface area (Å²) in [7, 11) is 0. The molecular formula is C22H15BrN4O4S. The number of non-ortho nitro benzene ring substituents is 1. The number of hydrazone groups is 1. The number of anilines is 1. The van der Waals surface area contributed by atoms with Crippen molar-refractivity contribution in [1.82, 2.24) is 4.98 Å². The number of aromatic nitrogens is 1. The van der Waals surface area contributed by atoms with Gasteiger partial charge < -0.3 is 4.74 Å². The number of rotatable bonds is 7. The normalized spacial score (nSPS) is 11.0. The summed E-state index contributed by atoms with van der Waals surface area (Å²) in [6.45, 7) is -0.235. The number of amides is 1. The van der Waals surface area contributed by atoms with Crippen molar-refractivity contribution in [1.29, 1.82) is 0 Å². The first-order valence-corrected chi connectivity index (χ1v) is 11.0. The first kappa shape index (κ1) is 21.6. The number of para-hydroxylation sites is 1. The maximum Gasteiger partial charge on any atom is 0.287 e. The molecule has 4 rings (SSSR count). The number of halogens is 1. The van der Waals surface area contributed by atoms with Gasteiger partial charge in [-0.1, -0.05) is 45.5 Å². The molecule has 10 heteroatoms. The lowest BCUT2D eigenvalue weighted by molar-refractivity contribution is -0.384. The minimum atomic E-state index is -0.475. The van der Waals surface area contributed by atoms with Gasteiger partial charge in [0.25, 0.3) is 11.6 Å². The fourth-order valence-corrected chi connectivity index (χ4v) is 4.22. The number of fused-ring (bicyclic) bond motifs is 1. The van der Waals surface area contributed by atoms with E-state index in [1.165, 1.54) is 34.7 Å². The van der Waals surface area contributed by atoms with Crippen LogP contribution in [0.5, 0.6) is 5.75 Å². The number of benzene rings is 3. The molecule has 0 aliphatic rings. The molecule has 0 saturated carbocycles. The average molecular weight is 511 g/mol. The van der Waals surface area contributed by atoms with Crippen LogP contribution in [0.15, 0.2) is 82.4 Å². The SMILES string of the molecule is O=C(COc1ccccc1)N(/N=C/c1ccc([N+](=O)[O-])cc1)c1nc2ccc(Br)cc2s1. The van der Waals surface area contributed by atoms with E-state index in [-0.39, 0.29) is 12.3 Å². The van der Waals surface area contributed by atoms with Crippen LogP contribution in [0.2, 0.25) is 0 Å². The van der Waals surface area contributed by atoms with Crippen molar-refractivity contribution in [2.45, 2.75) is 0 Å². The Hall–Kier alpha value is -3.63. The summed E-state index contributed by atoms with van der Waals surface area (Å²) in [5.74, 6) is 0.151. The van der Waals surface area contributed by atoms with E-state index in [4.69, 9.17) is 4.74 Å². The maximum atomic E-state index is 13.0. The summed E-state index contributed by atoms with van der Waals surface area (Å²) in [6.07, 6.45) is 1.45. The Balaban J connectivity index is 1.61. The van der Waals surface area contributed by atoms with E-state index in [2.05, 4.69) is 26.0 Å². The van der Waals surface area contributed by atoms with Crippen LogP contribution < -0.4 is 9.75 Å². The summed E-state index contributed by atoms with van der Waals surface area (Å²) in [6, 6.07) is 20.5. The Morgan fingerprint density at radius 3 is 2.62 bits per heavy atom. The van der Waals surface area contributed by atoms with Gasteiger partial charge in [-0.15, -0.1) is 0 Å². The highest BCUT2D eigenvalue weighted by atomic mass is 79.9. The molecule has 3 aromatic carbocycles. The van der Waals surface area contributed by atoms with Crippen LogP contribution in [0.4, 0.5) is 10.8 Å². The van der Waals surface area contributed by atoms with Gasteiger partial charge in [-0.2, -0.15) is 10.1 Å². The largest absolute Gasteiger partial charge is 0.484 e. The predicted octanol–water partition coefficient (Wildman–Crippen LogP) is 5.41. The first-order valence-electron chi connectivity index (χ1n) is 9.35. The second-order valence-electron chi connectivity index (χ2n) is 6.51. The van der Waals surface area contributed by atoms with Crippen molar-refractivity contribution in [2.24, 2.45) is 5.10 Å². The zero-order valence-electron chi connectivity index (χ0n) is 16.4. The molecule has 0 aliphatic carbocycles. The van der Waals surface area contributed by atoms with Gasteiger partial charge >= 0.3 is 0 Å². The number of hydrogen-bond acceptors (Lipinski definition) is 7. The molecule has 0 bridgehead atoms. The van der Waals surface area contributed by atoms with Crippen molar-refractivity contribution >= 4 is 60.4 Å². The van der Waals surface area contributed by atoms with E-state index in [9.17, 15) is 14.9 Å². The molecule has 0 atom stereocenters. The summed E-state index contributed by atoms with van der Waals surface area (Å²) >= 11 is 4.75. The van der Waals surface area contributed by atoms with Crippen LogP contribution in [0.3, 0.4) is 0 Å². The zero-order chi connectivity index (χ0) is 22.5. The molecule has 0 aliphatic heterocycles. The fourth-order valence-electron chi connectivity index (χ4n) is 2.73. The molecule has 8 nitrogen and oxygen atoms in total. The average Bonchev–Trinajstić information content (AvgIpc) is 3.21. The fraction of sp³-hybridized carbons (Fsp3) is 0.0455. The highest BCUT2D eigenvalue weighted by Gasteiger charge is 2.20. The number of nitro benzene ring substituents is 1. The third kappa shape index (κ3) is 5.16. The van der Waals surface area contributed by atoms with Crippen LogP contribution in [0.25, 0.3) is 10.2 Å². The monoisotopic (exact) mass is 510 g/mol. The van der Waals surface area contributed by atoms with Crippen LogP contribution in [0.1, 0.15) is 5.56 Å². The molecule has 32 heavy (non-hydrogen) atoms. The number of thiazole rings is 1. The molecule has 160 valence electrons. The Bertz CT molecular complexity index is 1290. The van der Waals surface area contributed by atoms with Crippen molar-refractivity contribution in [2.75, 3.05) is 11.6 Å². The molecule has 0 spiro atoms. The Morgan fingerprint density at radius 1 is 1.16 bits per heavy atom. The minimum absolute atomic E-state index is 0.0249. The highest BCUT2D eigenvalue weighted by Crippen LogP contribution is 2.31. The van der Waals surface area contributed by atoms with Gasteiger partial charge in [0, 0.05) is 16.6 Å². The smallest absolute Gasteiger partial charge is 0.287 e. The summed E-state index contributed by atoms with van der Waals surface area (Å²) < 4.78 is 7.38. The van der Waals surface area contributed by atoms with E-state index in [0.29, 0.717) is 16.4 Å². The molecule has 1 heterocycles. The summed E-state index contributed by atoms with van der Waals surface area (Å²) in [5, 5.41) is 16.7. The number of nitro groups is 1. The Morgan fingerprint density at radius 2 is 1.91 bits per heavy atom. The van der Waals surface area contributed by atoms with Gasteiger partial charge in [0.15, 0.2) is 6.61 Å². The van der Waals surface area contributed by atoms with E-state index < -0.39 is 10.8 Å². The van der Waals surface area contributed by atoms with Crippen LogP contribution in [-0.4, -0.2) is 28.6 Å². The number of carbonyl (C=O) groups is 1. The first-order chi connectivity index (χ1) is 15.5. The quantitative estimate of drug-likeness (QED) is 0.188. The Labute approximate surface area is 195 Å². The van der Waals surface area contributed by atoms with Gasteiger partial charge in [-0.25, -0.2) is 4.98 Å². The summed E-state index contributed by atoms with van der Waals surface area (Å²) in [4.78, 5) is 27.9. The van der Waals surface area contributed by atoms with Crippen LogP contribution in [-0.2, 0) is 4.79 Å². The molecule has 0 radical (unpaired) electrons. The van der Waals surface area contributed by atoms with Gasteiger partial charge in [0.1, 0.15) is 5.75 Å². The van der Waals surface area contributed by atoms with E-state index in [1.54, 1.807) is 24.3 Å². The number of hydrogen-bond donors (Lipinski definition) is 0. The van der Waals surface area contributed by atoms with Gasteiger partial charge in [-0.05, 0) is 48.0 Å². The van der Waals surface area contributed by atoms with Gasteiger partial charge in [-0.3, -0.25) is 14.9 Å². The second-order valence-corrected chi connectivity index (χ2v) is 8.43. The lowest BCUT2D eigenvalue weighted by atomic mass is 10.2. The molecule has 0 fully saturated rings. The molecule has 0 saturated heterocycles. The third-order valence-corrected chi connectivity index (χ3v) is 5.78. The number of ether oxygens (including phenoxy) is 1. The number of carbonyl (C=O) groups excluding carboxylic acids is 1. The lowest BCUT2D eigenvalue weighted by Crippen LogP contribution is -2.30. The van der Waals surface area contributed by atoms with E-state index >= 15 is 0 Å². The molecule has 1 aromatic heterocycles. The second kappa shape index (κ2) is 9.67. The van der Waals surface area contributed by atoms with Gasteiger partial charge in [0.2, 0.25) is 5.13 Å². The maximum absolute atomic E-state index is 13.0. The molecular weight excluding hydrogens is 496 g/mol.